The van der Waals surface area contributed by atoms with Crippen LogP contribution in [0.5, 0.6) is 0 Å². The van der Waals surface area contributed by atoms with Crippen LogP contribution in [0.2, 0.25) is 0 Å². The summed E-state index contributed by atoms with van der Waals surface area (Å²) in [5.41, 5.74) is 1.18. The van der Waals surface area contributed by atoms with Gasteiger partial charge in [-0.05, 0) is 23.8 Å². The summed E-state index contributed by atoms with van der Waals surface area (Å²) in [6.45, 7) is 0.259. The van der Waals surface area contributed by atoms with Gasteiger partial charge in [-0.2, -0.15) is 0 Å². The summed E-state index contributed by atoms with van der Waals surface area (Å²) in [6.07, 6.45) is 0. The summed E-state index contributed by atoms with van der Waals surface area (Å²) in [6, 6.07) is 14.0. The molecule has 0 aromatic heterocycles. The lowest BCUT2D eigenvalue weighted by Crippen LogP contribution is -2.22. The van der Waals surface area contributed by atoms with Gasteiger partial charge in [0.15, 0.2) is 0 Å². The van der Waals surface area contributed by atoms with Crippen molar-refractivity contribution in [2.75, 3.05) is 19.0 Å². The van der Waals surface area contributed by atoms with E-state index in [0.717, 1.165) is 5.56 Å². The first-order chi connectivity index (χ1) is 10.1. The molecule has 0 spiro atoms. The second kappa shape index (κ2) is 7.22. The lowest BCUT2D eigenvalue weighted by Gasteiger charge is -2.17. The zero-order chi connectivity index (χ0) is 15.2. The van der Waals surface area contributed by atoms with Crippen molar-refractivity contribution in [3.63, 3.8) is 0 Å². The van der Waals surface area contributed by atoms with Crippen molar-refractivity contribution in [2.24, 2.45) is 0 Å². The van der Waals surface area contributed by atoms with Crippen molar-refractivity contribution in [3.05, 3.63) is 64.4 Å². The number of methoxy groups -OCH3 is 1. The molecule has 3 nitrogen and oxygen atoms in total. The molecule has 1 N–H and O–H groups in total. The van der Waals surface area contributed by atoms with E-state index in [2.05, 4.69) is 21.2 Å². The molecular formula is C16H15BrFNO2. The number of carbonyl (C=O) groups is 1. The summed E-state index contributed by atoms with van der Waals surface area (Å²) in [5, 5.41) is 2.96. The highest BCUT2D eigenvalue weighted by atomic mass is 79.9. The normalized spacial score (nSPS) is 11.8. The molecule has 0 saturated heterocycles. The first-order valence-electron chi connectivity index (χ1n) is 6.43. The average molecular weight is 352 g/mol. The summed E-state index contributed by atoms with van der Waals surface area (Å²) in [4.78, 5) is 11.9. The van der Waals surface area contributed by atoms with Gasteiger partial charge in [0, 0.05) is 11.0 Å². The number of benzene rings is 2. The molecule has 0 aliphatic rings. The molecule has 0 amide bonds. The molecule has 5 heteroatoms. The molecule has 1 atom stereocenters. The molecule has 0 heterocycles. The molecule has 2 aromatic rings. The monoisotopic (exact) mass is 351 g/mol. The Bertz CT molecular complexity index is 619. The molecule has 0 fully saturated rings. The molecule has 0 aliphatic heterocycles. The van der Waals surface area contributed by atoms with Crippen molar-refractivity contribution < 1.29 is 13.9 Å². The number of carbonyl (C=O) groups excluding carboxylic acids is 1. The van der Waals surface area contributed by atoms with Crippen LogP contribution < -0.4 is 5.32 Å². The van der Waals surface area contributed by atoms with E-state index in [0.29, 0.717) is 10.2 Å². The lowest BCUT2D eigenvalue weighted by molar-refractivity contribution is -0.142. The number of hydrogen-bond donors (Lipinski definition) is 1. The van der Waals surface area contributed by atoms with E-state index in [1.807, 2.05) is 30.3 Å². The van der Waals surface area contributed by atoms with Crippen molar-refractivity contribution >= 4 is 27.6 Å². The zero-order valence-corrected chi connectivity index (χ0v) is 13.1. The van der Waals surface area contributed by atoms with Gasteiger partial charge in [0.2, 0.25) is 0 Å². The third-order valence-corrected chi connectivity index (χ3v) is 3.61. The maximum atomic E-state index is 13.8. The first-order valence-corrected chi connectivity index (χ1v) is 7.23. The Morgan fingerprint density at radius 2 is 2.00 bits per heavy atom. The minimum absolute atomic E-state index is 0.259. The number of hydrogen-bond acceptors (Lipinski definition) is 3. The topological polar surface area (TPSA) is 38.3 Å². The number of anilines is 1. The third kappa shape index (κ3) is 4.04. The van der Waals surface area contributed by atoms with E-state index in [9.17, 15) is 9.18 Å². The van der Waals surface area contributed by atoms with Gasteiger partial charge in [0.25, 0.3) is 0 Å². The molecule has 0 saturated carbocycles. The fraction of sp³-hybridized carbons (Fsp3) is 0.188. The summed E-state index contributed by atoms with van der Waals surface area (Å²) >= 11 is 3.21. The summed E-state index contributed by atoms with van der Waals surface area (Å²) in [5.74, 6) is -1.22. The van der Waals surface area contributed by atoms with Crippen LogP contribution in [-0.2, 0) is 9.53 Å². The first kappa shape index (κ1) is 15.5. The second-order valence-electron chi connectivity index (χ2n) is 4.49. The number of ether oxygens (including phenoxy) is 1. The SMILES string of the molecule is COC(=O)C(CNc1ccc(Br)cc1F)c1ccccc1. The zero-order valence-electron chi connectivity index (χ0n) is 11.5. The smallest absolute Gasteiger partial charge is 0.314 e. The van der Waals surface area contributed by atoms with Crippen LogP contribution in [0.25, 0.3) is 0 Å². The maximum absolute atomic E-state index is 13.8. The van der Waals surface area contributed by atoms with E-state index in [-0.39, 0.29) is 18.3 Å². The van der Waals surface area contributed by atoms with E-state index < -0.39 is 5.92 Å². The minimum Gasteiger partial charge on any atom is -0.468 e. The van der Waals surface area contributed by atoms with Crippen LogP contribution in [0.4, 0.5) is 10.1 Å². The van der Waals surface area contributed by atoms with Gasteiger partial charge >= 0.3 is 5.97 Å². The molecule has 2 aromatic carbocycles. The number of esters is 1. The Balaban J connectivity index is 2.15. The molecule has 1 unspecified atom stereocenters. The highest BCUT2D eigenvalue weighted by Gasteiger charge is 2.21. The molecule has 0 radical (unpaired) electrons. The fourth-order valence-electron chi connectivity index (χ4n) is 2.01. The molecule has 0 bridgehead atoms. The highest BCUT2D eigenvalue weighted by molar-refractivity contribution is 9.10. The molecule has 0 aliphatic carbocycles. The van der Waals surface area contributed by atoms with Crippen LogP contribution >= 0.6 is 15.9 Å². The Labute approximate surface area is 131 Å². The van der Waals surface area contributed by atoms with Gasteiger partial charge in [0.1, 0.15) is 5.82 Å². The van der Waals surface area contributed by atoms with Gasteiger partial charge in [-0.1, -0.05) is 46.3 Å². The van der Waals surface area contributed by atoms with Gasteiger partial charge in [-0.15, -0.1) is 0 Å². The highest BCUT2D eigenvalue weighted by Crippen LogP contribution is 2.22. The van der Waals surface area contributed by atoms with Crippen molar-refractivity contribution in [3.8, 4) is 0 Å². The lowest BCUT2D eigenvalue weighted by atomic mass is 9.99. The fourth-order valence-corrected chi connectivity index (χ4v) is 2.34. The summed E-state index contributed by atoms with van der Waals surface area (Å²) < 4.78 is 19.3. The van der Waals surface area contributed by atoms with Crippen LogP contribution in [-0.4, -0.2) is 19.6 Å². The number of rotatable bonds is 5. The van der Waals surface area contributed by atoms with E-state index in [1.54, 1.807) is 12.1 Å². The average Bonchev–Trinajstić information content (AvgIpc) is 2.50. The van der Waals surface area contributed by atoms with Crippen molar-refractivity contribution in [1.29, 1.82) is 0 Å². The second-order valence-corrected chi connectivity index (χ2v) is 5.41. The molecule has 110 valence electrons. The van der Waals surface area contributed by atoms with Crippen LogP contribution in [0.3, 0.4) is 0 Å². The standard InChI is InChI=1S/C16H15BrFNO2/c1-21-16(20)13(11-5-3-2-4-6-11)10-19-15-8-7-12(17)9-14(15)18/h2-9,13,19H,10H2,1H3. The van der Waals surface area contributed by atoms with E-state index in [4.69, 9.17) is 4.74 Å². The molecule has 2 rings (SSSR count). The molecular weight excluding hydrogens is 337 g/mol. The van der Waals surface area contributed by atoms with E-state index >= 15 is 0 Å². The third-order valence-electron chi connectivity index (χ3n) is 3.12. The number of halogens is 2. The predicted molar refractivity (Wildman–Crippen MR) is 83.8 cm³/mol. The Morgan fingerprint density at radius 1 is 1.29 bits per heavy atom. The van der Waals surface area contributed by atoms with Gasteiger partial charge in [-0.25, -0.2) is 4.39 Å². The Kier molecular flexibility index (Phi) is 5.33. The quantitative estimate of drug-likeness (QED) is 0.828. The Morgan fingerprint density at radius 3 is 2.62 bits per heavy atom. The minimum atomic E-state index is -0.487. The van der Waals surface area contributed by atoms with Crippen LogP contribution in [0.1, 0.15) is 11.5 Å². The number of nitrogens with one attached hydrogen (secondary N) is 1. The largest absolute Gasteiger partial charge is 0.468 e. The van der Waals surface area contributed by atoms with E-state index in [1.165, 1.54) is 13.2 Å². The molecule has 21 heavy (non-hydrogen) atoms. The maximum Gasteiger partial charge on any atom is 0.314 e. The van der Waals surface area contributed by atoms with Gasteiger partial charge in [-0.3, -0.25) is 4.79 Å². The van der Waals surface area contributed by atoms with Crippen molar-refractivity contribution in [2.45, 2.75) is 5.92 Å². The van der Waals surface area contributed by atoms with Crippen LogP contribution in [0.15, 0.2) is 53.0 Å². The Hall–Kier alpha value is -1.88. The predicted octanol–water partition coefficient (Wildman–Crippen LogP) is 3.96. The van der Waals surface area contributed by atoms with Crippen molar-refractivity contribution in [1.82, 2.24) is 0 Å². The van der Waals surface area contributed by atoms with Gasteiger partial charge in [0.05, 0.1) is 18.7 Å². The van der Waals surface area contributed by atoms with Crippen LogP contribution in [0, 0.1) is 5.82 Å². The van der Waals surface area contributed by atoms with Gasteiger partial charge < -0.3 is 10.1 Å². The summed E-state index contributed by atoms with van der Waals surface area (Å²) in [7, 11) is 1.35.